The summed E-state index contributed by atoms with van der Waals surface area (Å²) in [5.74, 6) is 0.844. The molecule has 0 fully saturated rings. The van der Waals surface area contributed by atoms with Crippen molar-refractivity contribution in [1.29, 1.82) is 0 Å². The molecule has 126 valence electrons. The van der Waals surface area contributed by atoms with Crippen LogP contribution in [0.4, 0.5) is 0 Å². The number of hydrogen-bond donors (Lipinski definition) is 2. The second-order valence-corrected chi connectivity index (χ2v) is 6.39. The summed E-state index contributed by atoms with van der Waals surface area (Å²) in [5, 5.41) is 3.23. The van der Waals surface area contributed by atoms with Crippen molar-refractivity contribution < 1.29 is 9.53 Å². The Morgan fingerprint density at radius 1 is 0.885 bits per heavy atom. The summed E-state index contributed by atoms with van der Waals surface area (Å²) in [5.41, 5.74) is 5.98. The highest BCUT2D eigenvalue weighted by molar-refractivity contribution is 6.18. The summed E-state index contributed by atoms with van der Waals surface area (Å²) in [4.78, 5) is 17.9. The molecule has 0 saturated carbocycles. The van der Waals surface area contributed by atoms with Crippen LogP contribution in [0, 0.1) is 0 Å². The number of carbonyl (C=O) groups is 1. The molecule has 0 aliphatic carbocycles. The van der Waals surface area contributed by atoms with Crippen LogP contribution in [0.1, 0.15) is 10.4 Å². The largest absolute Gasteiger partial charge is 0.497 e. The number of ether oxygens (including phenoxy) is 1. The summed E-state index contributed by atoms with van der Waals surface area (Å²) < 4.78 is 5.34. The van der Waals surface area contributed by atoms with Gasteiger partial charge in [0.2, 0.25) is 0 Å². The van der Waals surface area contributed by atoms with Crippen molar-refractivity contribution in [3.8, 4) is 16.9 Å². The van der Waals surface area contributed by atoms with Crippen LogP contribution in [-0.4, -0.2) is 23.4 Å². The number of hydrogen-bond acceptors (Lipinski definition) is 2. The lowest BCUT2D eigenvalue weighted by molar-refractivity contribution is 0.112. The Kier molecular flexibility index (Phi) is 3.12. The van der Waals surface area contributed by atoms with Gasteiger partial charge in [0.05, 0.1) is 18.1 Å². The van der Waals surface area contributed by atoms with Crippen LogP contribution in [0.2, 0.25) is 0 Å². The van der Waals surface area contributed by atoms with Gasteiger partial charge in [0.25, 0.3) is 0 Å². The third-order valence-electron chi connectivity index (χ3n) is 4.99. The second kappa shape index (κ2) is 5.49. The SMILES string of the molecule is COc1cccc(-c2ccc3[nH]c4c(ccc5c(C=O)c[nH]c54)c3c2)c1. The van der Waals surface area contributed by atoms with Crippen LogP contribution in [0.15, 0.2) is 60.8 Å². The molecule has 0 atom stereocenters. The molecule has 4 heteroatoms. The fourth-order valence-electron chi connectivity index (χ4n) is 3.67. The normalized spacial score (nSPS) is 11.4. The minimum atomic E-state index is 0.678. The van der Waals surface area contributed by atoms with E-state index in [9.17, 15) is 4.79 Å². The lowest BCUT2D eigenvalue weighted by Gasteiger charge is -2.05. The van der Waals surface area contributed by atoms with E-state index in [0.29, 0.717) is 5.56 Å². The smallest absolute Gasteiger partial charge is 0.152 e. The van der Waals surface area contributed by atoms with Crippen molar-refractivity contribution in [2.45, 2.75) is 0 Å². The Hall–Kier alpha value is -3.53. The molecule has 2 N–H and O–H groups in total. The number of rotatable bonds is 3. The quantitative estimate of drug-likeness (QED) is 0.438. The van der Waals surface area contributed by atoms with Crippen LogP contribution in [0.3, 0.4) is 0 Å². The summed E-state index contributed by atoms with van der Waals surface area (Å²) in [6, 6.07) is 18.5. The monoisotopic (exact) mass is 340 g/mol. The number of benzene rings is 3. The minimum Gasteiger partial charge on any atom is -0.497 e. The number of methoxy groups -OCH3 is 1. The van der Waals surface area contributed by atoms with Gasteiger partial charge in [-0.25, -0.2) is 0 Å². The highest BCUT2D eigenvalue weighted by atomic mass is 16.5. The van der Waals surface area contributed by atoms with Gasteiger partial charge in [-0.05, 0) is 35.4 Å². The molecule has 4 nitrogen and oxygen atoms in total. The van der Waals surface area contributed by atoms with Crippen molar-refractivity contribution in [3.63, 3.8) is 0 Å². The Labute approximate surface area is 149 Å². The zero-order valence-electron chi connectivity index (χ0n) is 14.2. The topological polar surface area (TPSA) is 57.9 Å². The Balaban J connectivity index is 1.77. The van der Waals surface area contributed by atoms with E-state index in [1.807, 2.05) is 24.3 Å². The van der Waals surface area contributed by atoms with Gasteiger partial charge in [-0.2, -0.15) is 0 Å². The van der Waals surface area contributed by atoms with Gasteiger partial charge in [-0.1, -0.05) is 30.3 Å². The molecule has 0 spiro atoms. The van der Waals surface area contributed by atoms with Crippen LogP contribution in [0.5, 0.6) is 5.75 Å². The number of carbonyl (C=O) groups excluding carboxylic acids is 1. The molecule has 0 radical (unpaired) electrons. The van der Waals surface area contributed by atoms with Gasteiger partial charge in [0.15, 0.2) is 6.29 Å². The first kappa shape index (κ1) is 14.8. The molecule has 0 bridgehead atoms. The predicted molar refractivity (Wildman–Crippen MR) is 105 cm³/mol. The number of H-pyrrole nitrogens is 2. The predicted octanol–water partition coefficient (Wildman–Crippen LogP) is 5.29. The van der Waals surface area contributed by atoms with Gasteiger partial charge in [-0.15, -0.1) is 0 Å². The Morgan fingerprint density at radius 2 is 1.73 bits per heavy atom. The highest BCUT2D eigenvalue weighted by Crippen LogP contribution is 2.34. The maximum Gasteiger partial charge on any atom is 0.152 e. The van der Waals surface area contributed by atoms with Crippen molar-refractivity contribution in [2.24, 2.45) is 0 Å². The summed E-state index contributed by atoms with van der Waals surface area (Å²) in [6.45, 7) is 0. The summed E-state index contributed by atoms with van der Waals surface area (Å²) in [6.07, 6.45) is 2.64. The lowest BCUT2D eigenvalue weighted by Crippen LogP contribution is -1.83. The molecular weight excluding hydrogens is 324 g/mol. The van der Waals surface area contributed by atoms with E-state index in [0.717, 1.165) is 55.9 Å². The number of aromatic amines is 2. The van der Waals surface area contributed by atoms with Gasteiger partial charge in [-0.3, -0.25) is 4.79 Å². The molecule has 5 rings (SSSR count). The standard InChI is InChI=1S/C22H16N2O2/c1-26-16-4-2-3-13(9-16)14-5-8-20-19(10-14)18-7-6-17-15(12-25)11-23-21(17)22(18)24-20/h2-12,23-24H,1H3. The molecule has 0 aliphatic rings. The van der Waals surface area contributed by atoms with Crippen LogP contribution in [0.25, 0.3) is 43.8 Å². The molecular formula is C22H16N2O2. The van der Waals surface area contributed by atoms with E-state index in [4.69, 9.17) is 4.74 Å². The molecule has 2 aromatic heterocycles. The zero-order valence-corrected chi connectivity index (χ0v) is 14.2. The molecule has 5 aromatic rings. The first-order valence-corrected chi connectivity index (χ1v) is 8.43. The molecule has 0 amide bonds. The maximum atomic E-state index is 11.2. The Morgan fingerprint density at radius 3 is 2.58 bits per heavy atom. The van der Waals surface area contributed by atoms with Crippen LogP contribution in [-0.2, 0) is 0 Å². The first-order valence-electron chi connectivity index (χ1n) is 8.43. The van der Waals surface area contributed by atoms with Crippen molar-refractivity contribution >= 4 is 39.0 Å². The van der Waals surface area contributed by atoms with E-state index in [2.05, 4.69) is 40.3 Å². The van der Waals surface area contributed by atoms with E-state index in [1.54, 1.807) is 13.3 Å². The first-order chi connectivity index (χ1) is 12.8. The Bertz CT molecular complexity index is 1290. The van der Waals surface area contributed by atoms with E-state index >= 15 is 0 Å². The van der Waals surface area contributed by atoms with Gasteiger partial charge >= 0.3 is 0 Å². The average molecular weight is 340 g/mol. The van der Waals surface area contributed by atoms with Gasteiger partial charge in [0, 0.05) is 33.4 Å². The number of aldehydes is 1. The molecule has 3 aromatic carbocycles. The molecule has 0 saturated heterocycles. The van der Waals surface area contributed by atoms with Crippen molar-refractivity contribution in [2.75, 3.05) is 7.11 Å². The second-order valence-electron chi connectivity index (χ2n) is 6.39. The molecule has 0 aliphatic heterocycles. The van der Waals surface area contributed by atoms with Crippen molar-refractivity contribution in [3.05, 3.63) is 66.4 Å². The van der Waals surface area contributed by atoms with Gasteiger partial charge < -0.3 is 14.7 Å². The number of nitrogens with one attached hydrogen (secondary N) is 2. The number of aromatic nitrogens is 2. The third-order valence-corrected chi connectivity index (χ3v) is 4.99. The maximum absolute atomic E-state index is 11.2. The fraction of sp³-hybridized carbons (Fsp3) is 0.0455. The average Bonchev–Trinajstić information content (AvgIpc) is 3.28. The number of fused-ring (bicyclic) bond motifs is 5. The third kappa shape index (κ3) is 2.05. The fourth-order valence-corrected chi connectivity index (χ4v) is 3.67. The van der Waals surface area contributed by atoms with Gasteiger partial charge in [0.1, 0.15) is 5.75 Å². The van der Waals surface area contributed by atoms with Crippen LogP contribution >= 0.6 is 0 Å². The molecule has 26 heavy (non-hydrogen) atoms. The van der Waals surface area contributed by atoms with Crippen LogP contribution < -0.4 is 4.74 Å². The van der Waals surface area contributed by atoms with Crippen molar-refractivity contribution in [1.82, 2.24) is 9.97 Å². The zero-order chi connectivity index (χ0) is 17.7. The van der Waals surface area contributed by atoms with E-state index in [-0.39, 0.29) is 0 Å². The highest BCUT2D eigenvalue weighted by Gasteiger charge is 2.12. The summed E-state index contributed by atoms with van der Waals surface area (Å²) >= 11 is 0. The lowest BCUT2D eigenvalue weighted by atomic mass is 10.0. The summed E-state index contributed by atoms with van der Waals surface area (Å²) in [7, 11) is 1.68. The molecule has 0 unspecified atom stereocenters. The van der Waals surface area contributed by atoms with E-state index in [1.165, 1.54) is 0 Å². The minimum absolute atomic E-state index is 0.678. The molecule has 2 heterocycles. The van der Waals surface area contributed by atoms with E-state index < -0.39 is 0 Å².